The fourth-order valence-corrected chi connectivity index (χ4v) is 9.68. The molecule has 0 unspecified atom stereocenters. The van der Waals surface area contributed by atoms with E-state index < -0.39 is 0 Å². The van der Waals surface area contributed by atoms with Crippen molar-refractivity contribution in [3.8, 4) is 0 Å². The molecule has 3 heterocycles. The van der Waals surface area contributed by atoms with Crippen molar-refractivity contribution in [2.75, 3.05) is 112 Å². The molecular weight excluding hydrogens is 853 g/mol. The van der Waals surface area contributed by atoms with Crippen LogP contribution in [0.2, 0.25) is 0 Å². The molecule has 1 fully saturated rings. The summed E-state index contributed by atoms with van der Waals surface area (Å²) in [5.74, 6) is 1.17. The molecule has 3 aliphatic rings. The Morgan fingerprint density at radius 2 is 0.897 bits per heavy atom. The van der Waals surface area contributed by atoms with E-state index in [1.165, 1.54) is 43.4 Å². The van der Waals surface area contributed by atoms with Crippen LogP contribution in [0.4, 0.5) is 0 Å². The molecule has 0 saturated carbocycles. The van der Waals surface area contributed by atoms with Gasteiger partial charge in [-0.15, -0.1) is 0 Å². The maximum atomic E-state index is 14.7. The van der Waals surface area contributed by atoms with Crippen molar-refractivity contribution in [2.24, 2.45) is 0 Å². The third kappa shape index (κ3) is 13.8. The van der Waals surface area contributed by atoms with Crippen LogP contribution in [0, 0.1) is 0 Å². The number of nitrogens with zero attached hydrogens (tertiary/aromatic N) is 4. The molecule has 0 aromatic heterocycles. The third-order valence-electron chi connectivity index (χ3n) is 13.3. The van der Waals surface area contributed by atoms with E-state index in [0.29, 0.717) is 92.2 Å². The van der Waals surface area contributed by atoms with Crippen LogP contribution in [0.25, 0.3) is 32.3 Å². The zero-order valence-corrected chi connectivity index (χ0v) is 39.6. The summed E-state index contributed by atoms with van der Waals surface area (Å²) >= 11 is 0. The lowest BCUT2D eigenvalue weighted by molar-refractivity contribution is -0.542. The highest BCUT2D eigenvalue weighted by Gasteiger charge is 2.34. The first-order valence-electron chi connectivity index (χ1n) is 24.8. The van der Waals surface area contributed by atoms with Gasteiger partial charge in [-0.3, -0.25) is 29.8 Å². The molecule has 0 bridgehead atoms. The van der Waals surface area contributed by atoms with Crippen LogP contribution in [0.1, 0.15) is 29.5 Å². The molecule has 358 valence electrons. The highest BCUT2D eigenvalue weighted by Crippen LogP contribution is 2.22. The molecule has 3 aliphatic heterocycles. The molecule has 1 saturated heterocycles. The van der Waals surface area contributed by atoms with Crippen molar-refractivity contribution < 1.29 is 33.1 Å². The summed E-state index contributed by atoms with van der Waals surface area (Å²) < 4.78 is 31.3. The lowest BCUT2D eigenvalue weighted by atomic mass is 10.0. The molecule has 12 heteroatoms. The van der Waals surface area contributed by atoms with E-state index in [2.05, 4.69) is 157 Å². The molecule has 0 spiro atoms. The quantitative estimate of drug-likeness (QED) is 0.130. The van der Waals surface area contributed by atoms with Crippen molar-refractivity contribution in [1.29, 1.82) is 0 Å². The van der Waals surface area contributed by atoms with Gasteiger partial charge in [0, 0.05) is 52.1 Å². The number of fused-ring (bicyclic) bond motifs is 3. The largest absolute Gasteiger partial charge is 0.378 e. The number of rotatable bonds is 12. The third-order valence-corrected chi connectivity index (χ3v) is 13.3. The normalized spacial score (nSPS) is 19.8. The molecule has 9 rings (SSSR count). The van der Waals surface area contributed by atoms with E-state index in [-0.39, 0.29) is 24.5 Å². The first-order chi connectivity index (χ1) is 33.6. The number of nitrogens with one attached hydrogen (secondary N) is 2. The van der Waals surface area contributed by atoms with Crippen molar-refractivity contribution in [3.63, 3.8) is 0 Å². The van der Waals surface area contributed by atoms with Crippen LogP contribution in [0.5, 0.6) is 0 Å². The van der Waals surface area contributed by atoms with Crippen molar-refractivity contribution >= 4 is 44.2 Å². The minimum atomic E-state index is 0.0839. The minimum absolute atomic E-state index is 0.0839. The topological polar surface area (TPSA) is 100 Å². The Balaban J connectivity index is 0.877. The zero-order chi connectivity index (χ0) is 46.2. The molecule has 0 radical (unpaired) electrons. The summed E-state index contributed by atoms with van der Waals surface area (Å²) in [6.45, 7) is 12.1. The lowest BCUT2D eigenvalue weighted by Crippen LogP contribution is -2.63. The molecule has 0 aliphatic carbocycles. The van der Waals surface area contributed by atoms with Gasteiger partial charge in [0.05, 0.1) is 104 Å². The zero-order valence-electron chi connectivity index (χ0n) is 39.6. The Morgan fingerprint density at radius 3 is 1.35 bits per heavy atom. The van der Waals surface area contributed by atoms with Crippen LogP contribution in [-0.2, 0) is 48.1 Å². The first-order valence-corrected chi connectivity index (χ1v) is 24.8. The summed E-state index contributed by atoms with van der Waals surface area (Å²) in [7, 11) is 0. The number of ether oxygens (including phenoxy) is 5. The molecule has 1 amide bonds. The number of carbonyl (C=O) groups excluding carboxylic acids is 1. The van der Waals surface area contributed by atoms with Crippen LogP contribution in [0.3, 0.4) is 0 Å². The number of amides is 1. The molecule has 2 atom stereocenters. The van der Waals surface area contributed by atoms with Crippen LogP contribution in [-0.4, -0.2) is 155 Å². The molecule has 68 heavy (non-hydrogen) atoms. The average Bonchev–Trinajstić information content (AvgIpc) is 3.36. The number of carbonyl (C=O) groups is 1. The summed E-state index contributed by atoms with van der Waals surface area (Å²) in [5.41, 5.74) is 3.75. The van der Waals surface area contributed by atoms with Crippen LogP contribution in [0.15, 0.2) is 127 Å². The van der Waals surface area contributed by atoms with Gasteiger partial charge in [0.1, 0.15) is 0 Å². The first kappa shape index (κ1) is 47.6. The Bertz CT molecular complexity index is 2490. The van der Waals surface area contributed by atoms with Crippen LogP contribution >= 0.6 is 0 Å². The highest BCUT2D eigenvalue weighted by atomic mass is 16.6. The predicted octanol–water partition coefficient (Wildman–Crippen LogP) is 6.67. The van der Waals surface area contributed by atoms with Gasteiger partial charge in [0.25, 0.3) is 0 Å². The van der Waals surface area contributed by atoms with Crippen molar-refractivity contribution in [3.05, 3.63) is 144 Å². The number of guanidine groups is 1. The van der Waals surface area contributed by atoms with Crippen molar-refractivity contribution in [1.82, 2.24) is 25.3 Å². The summed E-state index contributed by atoms with van der Waals surface area (Å²) in [5, 5.41) is 15.3. The van der Waals surface area contributed by atoms with Crippen molar-refractivity contribution in [2.45, 2.75) is 44.6 Å². The van der Waals surface area contributed by atoms with E-state index >= 15 is 0 Å². The van der Waals surface area contributed by atoms with E-state index in [1.54, 1.807) is 0 Å². The Kier molecular flexibility index (Phi) is 17.3. The van der Waals surface area contributed by atoms with E-state index in [9.17, 15) is 4.79 Å². The maximum absolute atomic E-state index is 14.7. The van der Waals surface area contributed by atoms with E-state index in [4.69, 9.17) is 23.7 Å². The van der Waals surface area contributed by atoms with Gasteiger partial charge >= 0.3 is 5.96 Å². The summed E-state index contributed by atoms with van der Waals surface area (Å²) in [6, 6.07) is 46.3. The van der Waals surface area contributed by atoms with E-state index in [0.717, 1.165) is 57.1 Å². The summed E-state index contributed by atoms with van der Waals surface area (Å²) in [4.78, 5) is 21.5. The lowest BCUT2D eigenvalue weighted by Gasteiger charge is -2.36. The average molecular weight is 922 g/mol. The second-order valence-corrected chi connectivity index (χ2v) is 18.4. The molecule has 2 N–H and O–H groups in total. The van der Waals surface area contributed by atoms with Gasteiger partial charge in [-0.25, -0.2) is 0 Å². The SMILES string of the molecule is O=C(CN1CCOCCOCCOCCOCCOCC1)N(Cc1ccc2ccccc2c1)C[C@@H]1CC[N+]2=C(N[C@H](CN(Cc3ccc4ccccc4c3)Cc3ccc4ccccc4c3)CC2)N1. The number of hydrogen-bond donors (Lipinski definition) is 2. The predicted molar refractivity (Wildman–Crippen MR) is 270 cm³/mol. The maximum Gasteiger partial charge on any atom is 0.346 e. The Hall–Kier alpha value is -5.44. The van der Waals surface area contributed by atoms with Gasteiger partial charge < -0.3 is 28.6 Å². The highest BCUT2D eigenvalue weighted by molar-refractivity contribution is 5.85. The Labute approximate surface area is 401 Å². The molecule has 12 nitrogen and oxygen atoms in total. The smallest absolute Gasteiger partial charge is 0.346 e. The van der Waals surface area contributed by atoms with Gasteiger partial charge in [-0.1, -0.05) is 109 Å². The Morgan fingerprint density at radius 1 is 0.500 bits per heavy atom. The second kappa shape index (κ2) is 24.7. The van der Waals surface area contributed by atoms with Gasteiger partial charge in [-0.05, 0) is 67.2 Å². The standard InChI is InChI=1S/C56H68N6O6/c63-55(43-59-23-25-64-27-29-66-31-33-68-34-32-67-30-28-65-26-24-59)62(40-46-15-18-49-9-3-6-12-52(49)37-46)42-54-20-22-61-21-19-53(57-56(61)58-54)41-60(38-44-13-16-47-7-1-4-10-50(47)35-44)39-45-14-17-48-8-2-5-11-51(48)36-45/h1-18,35-37,53-54H,19-34,38-43H2,(H,57,58)/p+1/t53-,54-/m0/s1. The fraction of sp³-hybridized carbons (Fsp3) is 0.429. The molecular formula is C56H69N6O6+. The minimum Gasteiger partial charge on any atom is -0.378 e. The van der Waals surface area contributed by atoms with E-state index in [1.807, 2.05) is 0 Å². The second-order valence-electron chi connectivity index (χ2n) is 18.4. The van der Waals surface area contributed by atoms with Gasteiger partial charge in [0.15, 0.2) is 0 Å². The number of hydrogen-bond acceptors (Lipinski definition) is 10. The fourth-order valence-electron chi connectivity index (χ4n) is 9.68. The number of benzene rings is 6. The molecule has 6 aromatic carbocycles. The monoisotopic (exact) mass is 922 g/mol. The van der Waals surface area contributed by atoms with Gasteiger partial charge in [-0.2, -0.15) is 0 Å². The summed E-state index contributed by atoms with van der Waals surface area (Å²) in [6.07, 6.45) is 1.99. The van der Waals surface area contributed by atoms with Gasteiger partial charge in [0.2, 0.25) is 5.91 Å². The van der Waals surface area contributed by atoms with Crippen LogP contribution < -0.4 is 10.6 Å². The molecule has 6 aromatic rings.